The number of rotatable bonds is 2. The summed E-state index contributed by atoms with van der Waals surface area (Å²) in [6.07, 6.45) is 1.45. The Kier molecular flexibility index (Phi) is 5.55. The van der Waals surface area contributed by atoms with Crippen molar-refractivity contribution < 1.29 is 0 Å². The quantitative estimate of drug-likeness (QED) is 0.172. The van der Waals surface area contributed by atoms with Gasteiger partial charge in [-0.25, -0.2) is 0 Å². The molecule has 2 heteroatoms. The van der Waals surface area contributed by atoms with E-state index in [0.29, 0.717) is 0 Å². The van der Waals surface area contributed by atoms with E-state index in [9.17, 15) is 0 Å². The molecule has 2 N–H and O–H groups in total. The Hall–Kier alpha value is -6.77. The van der Waals surface area contributed by atoms with Gasteiger partial charge in [-0.15, -0.1) is 0 Å². The lowest BCUT2D eigenvalue weighted by Gasteiger charge is -2.49. The standard InChI is InChI=1S/C51H32N2/c52-30-31-13-11-14-32(29-31)33-18-12-19-37-47-44(27-28-46-48(47)36-17-3-10-26-45(36)53-46)51(49(33)37)42-24-8-6-22-40(42)50(41-23-7-9-25-43(41)51)38-20-4-1-15-34(38)35-16-2-5-21-39(35)50/h1-30,52-53H. The Morgan fingerprint density at radius 1 is 0.415 bits per heavy atom. The van der Waals surface area contributed by atoms with Crippen LogP contribution in [0.15, 0.2) is 176 Å². The maximum absolute atomic E-state index is 8.18. The van der Waals surface area contributed by atoms with E-state index in [-0.39, 0.29) is 0 Å². The van der Waals surface area contributed by atoms with Crippen LogP contribution in [0.2, 0.25) is 0 Å². The van der Waals surface area contributed by atoms with Gasteiger partial charge in [0, 0.05) is 28.0 Å². The average Bonchev–Trinajstić information content (AvgIpc) is 3.85. The van der Waals surface area contributed by atoms with Gasteiger partial charge in [-0.05, 0) is 102 Å². The van der Waals surface area contributed by atoms with Crippen molar-refractivity contribution in [3.63, 3.8) is 0 Å². The molecule has 12 rings (SSSR count). The highest BCUT2D eigenvalue weighted by atomic mass is 14.7. The van der Waals surface area contributed by atoms with Gasteiger partial charge in [-0.1, -0.05) is 158 Å². The van der Waals surface area contributed by atoms with Gasteiger partial charge < -0.3 is 10.4 Å². The third-order valence-electron chi connectivity index (χ3n) is 12.6. The summed E-state index contributed by atoms with van der Waals surface area (Å²) in [5, 5.41) is 10.7. The molecule has 2 nitrogen and oxygen atoms in total. The van der Waals surface area contributed by atoms with E-state index in [2.05, 4.69) is 175 Å². The molecule has 0 bridgehead atoms. The highest BCUT2D eigenvalue weighted by Gasteiger charge is 2.59. The number of aromatic amines is 1. The molecule has 0 atom stereocenters. The lowest BCUT2D eigenvalue weighted by molar-refractivity contribution is 0.634. The molecule has 8 aromatic carbocycles. The van der Waals surface area contributed by atoms with Crippen LogP contribution in [0, 0.1) is 5.41 Å². The molecule has 9 aromatic rings. The lowest BCUT2D eigenvalue weighted by atomic mass is 9.52. The van der Waals surface area contributed by atoms with Crippen LogP contribution < -0.4 is 0 Å². The average molecular weight is 673 g/mol. The van der Waals surface area contributed by atoms with Crippen molar-refractivity contribution in [3.8, 4) is 33.4 Å². The zero-order valence-electron chi connectivity index (χ0n) is 28.8. The molecule has 0 fully saturated rings. The summed E-state index contributed by atoms with van der Waals surface area (Å²) in [6, 6.07) is 65.6. The Morgan fingerprint density at radius 2 is 0.962 bits per heavy atom. The SMILES string of the molecule is N=Cc1cccc(-c2cccc3c2C2(c4ccccc4C4(c5ccccc5-c5ccccc54)c4ccccc42)c2ccc4[nH]c5ccccc5c4c2-3)c1. The summed E-state index contributed by atoms with van der Waals surface area (Å²) in [6.45, 7) is 0. The molecule has 1 heterocycles. The van der Waals surface area contributed by atoms with Crippen LogP contribution in [0.5, 0.6) is 0 Å². The van der Waals surface area contributed by atoms with Gasteiger partial charge in [0.2, 0.25) is 0 Å². The van der Waals surface area contributed by atoms with Crippen molar-refractivity contribution in [2.75, 3.05) is 0 Å². The molecule has 0 saturated carbocycles. The Balaban J connectivity index is 1.32. The fourth-order valence-electron chi connectivity index (χ4n) is 10.8. The number of nitrogens with one attached hydrogen (secondary N) is 2. The number of aromatic nitrogens is 1. The molecule has 2 spiro atoms. The van der Waals surface area contributed by atoms with Crippen LogP contribution in [0.1, 0.15) is 50.1 Å². The first kappa shape index (κ1) is 28.9. The number of H-pyrrole nitrogens is 1. The van der Waals surface area contributed by atoms with Crippen molar-refractivity contribution in [2.45, 2.75) is 10.8 Å². The first-order chi connectivity index (χ1) is 26.3. The molecule has 0 radical (unpaired) electrons. The molecular weight excluding hydrogens is 641 g/mol. The van der Waals surface area contributed by atoms with Gasteiger partial charge in [0.05, 0.1) is 10.8 Å². The van der Waals surface area contributed by atoms with Gasteiger partial charge in [-0.2, -0.15) is 0 Å². The van der Waals surface area contributed by atoms with Gasteiger partial charge in [-0.3, -0.25) is 0 Å². The minimum absolute atomic E-state index is 0.492. The first-order valence-corrected chi connectivity index (χ1v) is 18.4. The minimum atomic E-state index is -0.626. The number of fused-ring (bicyclic) bond motifs is 20. The van der Waals surface area contributed by atoms with Crippen LogP contribution in [0.3, 0.4) is 0 Å². The monoisotopic (exact) mass is 672 g/mol. The summed E-state index contributed by atoms with van der Waals surface area (Å²) in [4.78, 5) is 3.77. The maximum atomic E-state index is 8.18. The van der Waals surface area contributed by atoms with Crippen molar-refractivity contribution >= 4 is 28.0 Å². The largest absolute Gasteiger partial charge is 0.354 e. The lowest BCUT2D eigenvalue weighted by Crippen LogP contribution is -2.44. The summed E-state index contributed by atoms with van der Waals surface area (Å²) < 4.78 is 0. The summed E-state index contributed by atoms with van der Waals surface area (Å²) >= 11 is 0. The molecule has 0 unspecified atom stereocenters. The predicted octanol–water partition coefficient (Wildman–Crippen LogP) is 12.0. The van der Waals surface area contributed by atoms with E-state index >= 15 is 0 Å². The molecule has 0 amide bonds. The number of para-hydroxylation sites is 1. The van der Waals surface area contributed by atoms with Gasteiger partial charge >= 0.3 is 0 Å². The topological polar surface area (TPSA) is 39.6 Å². The first-order valence-electron chi connectivity index (χ1n) is 18.4. The van der Waals surface area contributed by atoms with Gasteiger partial charge in [0.1, 0.15) is 0 Å². The molecule has 3 aliphatic rings. The highest BCUT2D eigenvalue weighted by molar-refractivity contribution is 6.18. The Labute approximate surface area is 307 Å². The summed E-state index contributed by atoms with van der Waals surface area (Å²) in [7, 11) is 0. The van der Waals surface area contributed by atoms with Crippen LogP contribution >= 0.6 is 0 Å². The predicted molar refractivity (Wildman–Crippen MR) is 217 cm³/mol. The molecule has 3 aliphatic carbocycles. The van der Waals surface area contributed by atoms with Crippen molar-refractivity contribution in [2.24, 2.45) is 0 Å². The van der Waals surface area contributed by atoms with Crippen LogP contribution in [-0.2, 0) is 10.8 Å². The maximum Gasteiger partial charge on any atom is 0.0726 e. The van der Waals surface area contributed by atoms with E-state index in [4.69, 9.17) is 5.41 Å². The van der Waals surface area contributed by atoms with Gasteiger partial charge in [0.15, 0.2) is 0 Å². The molecule has 1 aromatic heterocycles. The summed E-state index contributed by atoms with van der Waals surface area (Å²) in [5.74, 6) is 0. The van der Waals surface area contributed by atoms with Crippen molar-refractivity contribution in [1.82, 2.24) is 4.98 Å². The van der Waals surface area contributed by atoms with E-state index in [1.54, 1.807) is 0 Å². The number of benzene rings is 8. The van der Waals surface area contributed by atoms with E-state index in [0.717, 1.165) is 22.2 Å². The summed E-state index contributed by atoms with van der Waals surface area (Å²) in [5.41, 5.74) is 20.2. The Bertz CT molecular complexity index is 2950. The normalized spacial score (nSPS) is 14.8. The minimum Gasteiger partial charge on any atom is -0.354 e. The fraction of sp³-hybridized carbons (Fsp3) is 0.0392. The molecule has 0 aliphatic heterocycles. The molecule has 0 saturated heterocycles. The van der Waals surface area contributed by atoms with E-state index in [1.165, 1.54) is 89.3 Å². The second-order valence-electron chi connectivity index (χ2n) is 14.8. The number of hydrogen-bond donors (Lipinski definition) is 2. The third-order valence-corrected chi connectivity index (χ3v) is 12.6. The zero-order chi connectivity index (χ0) is 34.9. The fourth-order valence-corrected chi connectivity index (χ4v) is 10.8. The van der Waals surface area contributed by atoms with Crippen molar-refractivity contribution in [3.05, 3.63) is 226 Å². The molecule has 53 heavy (non-hydrogen) atoms. The smallest absolute Gasteiger partial charge is 0.0726 e. The van der Waals surface area contributed by atoms with E-state index in [1.807, 2.05) is 6.07 Å². The second kappa shape index (κ2) is 10.2. The molecule has 246 valence electrons. The zero-order valence-corrected chi connectivity index (χ0v) is 28.8. The van der Waals surface area contributed by atoms with Crippen LogP contribution in [0.4, 0.5) is 0 Å². The van der Waals surface area contributed by atoms with Crippen LogP contribution in [-0.4, -0.2) is 11.2 Å². The molecular formula is C51H32N2. The van der Waals surface area contributed by atoms with Crippen molar-refractivity contribution in [1.29, 1.82) is 5.41 Å². The van der Waals surface area contributed by atoms with Crippen LogP contribution in [0.25, 0.3) is 55.2 Å². The van der Waals surface area contributed by atoms with Gasteiger partial charge in [0.25, 0.3) is 0 Å². The second-order valence-corrected chi connectivity index (χ2v) is 14.8. The Morgan fingerprint density at radius 3 is 1.64 bits per heavy atom. The highest BCUT2D eigenvalue weighted by Crippen LogP contribution is 2.69. The number of hydrogen-bond acceptors (Lipinski definition) is 1. The third kappa shape index (κ3) is 3.33. The van der Waals surface area contributed by atoms with E-state index < -0.39 is 10.8 Å².